The lowest BCUT2D eigenvalue weighted by Gasteiger charge is -1.95. The van der Waals surface area contributed by atoms with Gasteiger partial charge >= 0.3 is 0 Å². The van der Waals surface area contributed by atoms with Crippen LogP contribution >= 0.6 is 0 Å². The number of hydrogen-bond acceptors (Lipinski definition) is 2. The Morgan fingerprint density at radius 1 is 1.45 bits per heavy atom. The molecule has 0 spiro atoms. The third-order valence-electron chi connectivity index (χ3n) is 1.35. The molecule has 0 aromatic heterocycles. The quantitative estimate of drug-likeness (QED) is 0.392. The number of benzene rings is 1. The Hall–Kier alpha value is -1.38. The van der Waals surface area contributed by atoms with Crippen molar-refractivity contribution < 1.29 is 9.60 Å². The molecule has 2 nitrogen and oxygen atoms in total. The van der Waals surface area contributed by atoms with Gasteiger partial charge in [-0.25, -0.2) is 4.39 Å². The van der Waals surface area contributed by atoms with Gasteiger partial charge in [0.2, 0.25) is 0 Å². The zero-order chi connectivity index (χ0) is 8.10. The highest BCUT2D eigenvalue weighted by Crippen LogP contribution is 2.05. The number of halogens is 1. The average molecular weight is 153 g/mol. The maximum atomic E-state index is 12.8. The van der Waals surface area contributed by atoms with Crippen LogP contribution in [0.2, 0.25) is 0 Å². The first-order valence-electron chi connectivity index (χ1n) is 3.24. The van der Waals surface area contributed by atoms with Crippen molar-refractivity contribution in [3.05, 3.63) is 35.6 Å². The SMILES string of the molecule is O/N=C/Cc1ccccc1F. The Morgan fingerprint density at radius 3 is 2.82 bits per heavy atom. The lowest BCUT2D eigenvalue weighted by molar-refractivity contribution is 0.320. The van der Waals surface area contributed by atoms with Gasteiger partial charge in [0.15, 0.2) is 0 Å². The molecule has 0 heterocycles. The molecule has 0 radical (unpaired) electrons. The summed E-state index contributed by atoms with van der Waals surface area (Å²) in [5.74, 6) is -0.271. The Balaban J connectivity index is 2.77. The molecular weight excluding hydrogens is 145 g/mol. The number of hydrogen-bond donors (Lipinski definition) is 1. The van der Waals surface area contributed by atoms with Crippen LogP contribution in [0.1, 0.15) is 5.56 Å². The van der Waals surface area contributed by atoms with E-state index in [2.05, 4.69) is 5.16 Å². The highest BCUT2D eigenvalue weighted by molar-refractivity contribution is 5.60. The minimum atomic E-state index is -0.271. The fraction of sp³-hybridized carbons (Fsp3) is 0.125. The Kier molecular flexibility index (Phi) is 2.60. The van der Waals surface area contributed by atoms with Gasteiger partial charge in [-0.15, -0.1) is 5.16 Å². The molecule has 11 heavy (non-hydrogen) atoms. The first kappa shape index (κ1) is 7.72. The second-order valence-corrected chi connectivity index (χ2v) is 2.09. The zero-order valence-electron chi connectivity index (χ0n) is 5.87. The van der Waals surface area contributed by atoms with Crippen molar-refractivity contribution in [3.8, 4) is 0 Å². The fourth-order valence-electron chi connectivity index (χ4n) is 0.803. The van der Waals surface area contributed by atoms with E-state index >= 15 is 0 Å². The topological polar surface area (TPSA) is 32.6 Å². The van der Waals surface area contributed by atoms with Crippen molar-refractivity contribution in [3.63, 3.8) is 0 Å². The summed E-state index contributed by atoms with van der Waals surface area (Å²) in [6.45, 7) is 0. The van der Waals surface area contributed by atoms with Crippen molar-refractivity contribution in [2.75, 3.05) is 0 Å². The smallest absolute Gasteiger partial charge is 0.126 e. The van der Waals surface area contributed by atoms with Crippen LogP contribution in [-0.4, -0.2) is 11.4 Å². The van der Waals surface area contributed by atoms with Crippen LogP contribution in [0.3, 0.4) is 0 Å². The molecular formula is C8H8FNO. The van der Waals surface area contributed by atoms with E-state index in [1.807, 2.05) is 0 Å². The predicted molar refractivity (Wildman–Crippen MR) is 40.4 cm³/mol. The van der Waals surface area contributed by atoms with E-state index in [1.165, 1.54) is 12.3 Å². The van der Waals surface area contributed by atoms with Gasteiger partial charge in [0.1, 0.15) is 5.82 Å². The summed E-state index contributed by atoms with van der Waals surface area (Å²) < 4.78 is 12.8. The molecule has 0 aliphatic rings. The summed E-state index contributed by atoms with van der Waals surface area (Å²) in [5, 5.41) is 10.8. The molecule has 0 amide bonds. The molecule has 0 bridgehead atoms. The molecule has 1 rings (SSSR count). The zero-order valence-corrected chi connectivity index (χ0v) is 5.87. The minimum absolute atomic E-state index is 0.271. The van der Waals surface area contributed by atoms with Crippen LogP contribution in [-0.2, 0) is 6.42 Å². The van der Waals surface area contributed by atoms with Gasteiger partial charge in [0, 0.05) is 12.6 Å². The maximum absolute atomic E-state index is 12.8. The molecule has 1 aromatic rings. The highest BCUT2D eigenvalue weighted by atomic mass is 19.1. The molecule has 1 aromatic carbocycles. The molecule has 3 heteroatoms. The van der Waals surface area contributed by atoms with E-state index in [9.17, 15) is 4.39 Å². The Labute approximate surface area is 64.0 Å². The normalized spacial score (nSPS) is 10.6. The highest BCUT2D eigenvalue weighted by Gasteiger charge is 1.96. The van der Waals surface area contributed by atoms with E-state index in [4.69, 9.17) is 5.21 Å². The molecule has 0 fully saturated rings. The number of oxime groups is 1. The average Bonchev–Trinajstić information content (AvgIpc) is 2.03. The van der Waals surface area contributed by atoms with Gasteiger partial charge in [0.05, 0.1) is 0 Å². The maximum Gasteiger partial charge on any atom is 0.126 e. The Bertz CT molecular complexity index is 260. The first-order valence-corrected chi connectivity index (χ1v) is 3.24. The van der Waals surface area contributed by atoms with Crippen molar-refractivity contribution in [1.82, 2.24) is 0 Å². The summed E-state index contributed by atoms with van der Waals surface area (Å²) in [4.78, 5) is 0. The van der Waals surface area contributed by atoms with Gasteiger partial charge in [0.25, 0.3) is 0 Å². The van der Waals surface area contributed by atoms with E-state index in [0.29, 0.717) is 12.0 Å². The monoisotopic (exact) mass is 153 g/mol. The second-order valence-electron chi connectivity index (χ2n) is 2.09. The van der Waals surface area contributed by atoms with Crippen molar-refractivity contribution in [1.29, 1.82) is 0 Å². The summed E-state index contributed by atoms with van der Waals surface area (Å²) in [6.07, 6.45) is 1.57. The third-order valence-corrected chi connectivity index (χ3v) is 1.35. The lowest BCUT2D eigenvalue weighted by Crippen LogP contribution is -1.90. The minimum Gasteiger partial charge on any atom is -0.411 e. The van der Waals surface area contributed by atoms with E-state index in [0.717, 1.165) is 0 Å². The fourth-order valence-corrected chi connectivity index (χ4v) is 0.803. The lowest BCUT2D eigenvalue weighted by atomic mass is 10.1. The Morgan fingerprint density at radius 2 is 2.18 bits per heavy atom. The molecule has 0 saturated carbocycles. The summed E-state index contributed by atoms with van der Waals surface area (Å²) >= 11 is 0. The van der Waals surface area contributed by atoms with E-state index in [1.54, 1.807) is 18.2 Å². The first-order chi connectivity index (χ1) is 5.34. The van der Waals surface area contributed by atoms with Crippen molar-refractivity contribution in [2.45, 2.75) is 6.42 Å². The third kappa shape index (κ3) is 2.04. The number of rotatable bonds is 2. The van der Waals surface area contributed by atoms with Gasteiger partial charge in [-0.2, -0.15) is 0 Å². The molecule has 0 saturated heterocycles. The van der Waals surface area contributed by atoms with Gasteiger partial charge in [-0.05, 0) is 11.6 Å². The predicted octanol–water partition coefficient (Wildman–Crippen LogP) is 1.83. The van der Waals surface area contributed by atoms with Gasteiger partial charge in [-0.3, -0.25) is 0 Å². The standard InChI is InChI=1S/C8H8FNO/c9-8-4-2-1-3-7(8)5-6-10-11/h1-4,6,11H,5H2/b10-6+. The number of nitrogens with zero attached hydrogens (tertiary/aromatic N) is 1. The van der Waals surface area contributed by atoms with Crippen LogP contribution in [0.5, 0.6) is 0 Å². The molecule has 0 aliphatic carbocycles. The molecule has 0 aliphatic heterocycles. The van der Waals surface area contributed by atoms with Crippen LogP contribution in [0.15, 0.2) is 29.4 Å². The largest absolute Gasteiger partial charge is 0.411 e. The van der Waals surface area contributed by atoms with Crippen LogP contribution in [0.25, 0.3) is 0 Å². The summed E-state index contributed by atoms with van der Waals surface area (Å²) in [5.41, 5.74) is 0.533. The van der Waals surface area contributed by atoms with Gasteiger partial charge in [-0.1, -0.05) is 18.2 Å². The summed E-state index contributed by atoms with van der Waals surface area (Å²) in [7, 11) is 0. The van der Waals surface area contributed by atoms with Crippen LogP contribution in [0, 0.1) is 5.82 Å². The summed E-state index contributed by atoms with van der Waals surface area (Å²) in [6, 6.07) is 6.39. The van der Waals surface area contributed by atoms with Gasteiger partial charge < -0.3 is 5.21 Å². The van der Waals surface area contributed by atoms with Crippen LogP contribution in [0.4, 0.5) is 4.39 Å². The van der Waals surface area contributed by atoms with Crippen LogP contribution < -0.4 is 0 Å². The van der Waals surface area contributed by atoms with Crippen molar-refractivity contribution >= 4 is 6.21 Å². The van der Waals surface area contributed by atoms with Crippen molar-refractivity contribution in [2.24, 2.45) is 5.16 Å². The molecule has 0 unspecified atom stereocenters. The molecule has 1 N–H and O–H groups in total. The molecule has 0 atom stereocenters. The second kappa shape index (κ2) is 3.71. The van der Waals surface area contributed by atoms with E-state index in [-0.39, 0.29) is 5.82 Å². The van der Waals surface area contributed by atoms with E-state index < -0.39 is 0 Å². The molecule has 58 valence electrons.